The van der Waals surface area contributed by atoms with Crippen molar-refractivity contribution in [3.8, 4) is 0 Å². The normalized spacial score (nSPS) is 11.3. The van der Waals surface area contributed by atoms with Gasteiger partial charge in [-0.25, -0.2) is 17.9 Å². The number of sulfonamides is 1. The predicted octanol–water partition coefficient (Wildman–Crippen LogP) is 2.97. The molecule has 0 aliphatic rings. The van der Waals surface area contributed by atoms with Crippen LogP contribution >= 0.6 is 0 Å². The molecule has 0 spiro atoms. The summed E-state index contributed by atoms with van der Waals surface area (Å²) < 4.78 is 28.2. The summed E-state index contributed by atoms with van der Waals surface area (Å²) in [5.74, 6) is -1.29. The smallest absolute Gasteiger partial charge is 0.335 e. The van der Waals surface area contributed by atoms with Gasteiger partial charge in [0.05, 0.1) is 10.5 Å². The van der Waals surface area contributed by atoms with Gasteiger partial charge >= 0.3 is 5.97 Å². The minimum absolute atomic E-state index is 0.0179. The molecular weight excluding hydrogens is 380 g/mol. The lowest BCUT2D eigenvalue weighted by molar-refractivity contribution is -0.114. The number of fused-ring (bicyclic) bond motifs is 1. The van der Waals surface area contributed by atoms with Crippen LogP contribution in [0.25, 0.3) is 10.8 Å². The Hall–Kier alpha value is -3.23. The van der Waals surface area contributed by atoms with Crippen LogP contribution in [0, 0.1) is 0 Å². The summed E-state index contributed by atoms with van der Waals surface area (Å²) in [5, 5.41) is 12.7. The van der Waals surface area contributed by atoms with Crippen molar-refractivity contribution in [1.29, 1.82) is 0 Å². The van der Waals surface area contributed by atoms with Crippen LogP contribution in [0.15, 0.2) is 65.6 Å². The van der Waals surface area contributed by atoms with Crippen LogP contribution in [0.4, 0.5) is 5.69 Å². The standard InChI is InChI=1S/C20H18N2O5S/c1-13(23)22-18-6-2-5-17-16(18)4-3-7-19(17)28(26,27)21-12-14-8-10-15(11-9-14)20(24)25/h2-11,21H,12H2,1H3,(H,22,23)(H,24,25). The first-order valence-electron chi connectivity index (χ1n) is 8.39. The second-order valence-corrected chi connectivity index (χ2v) is 7.90. The Morgan fingerprint density at radius 1 is 0.929 bits per heavy atom. The number of anilines is 1. The summed E-state index contributed by atoms with van der Waals surface area (Å²) in [4.78, 5) is 22.4. The largest absolute Gasteiger partial charge is 0.478 e. The number of carboxylic acids is 1. The molecule has 7 nitrogen and oxygen atoms in total. The van der Waals surface area contributed by atoms with E-state index >= 15 is 0 Å². The molecule has 8 heteroatoms. The van der Waals surface area contributed by atoms with E-state index in [9.17, 15) is 18.0 Å². The molecular formula is C20H18N2O5S. The number of rotatable bonds is 6. The molecule has 0 unspecified atom stereocenters. The highest BCUT2D eigenvalue weighted by Crippen LogP contribution is 2.28. The molecule has 1 amide bonds. The van der Waals surface area contributed by atoms with E-state index in [1.165, 1.54) is 25.1 Å². The molecule has 3 aromatic rings. The topological polar surface area (TPSA) is 113 Å². The van der Waals surface area contributed by atoms with Crippen molar-refractivity contribution in [2.24, 2.45) is 0 Å². The number of hydrogen-bond acceptors (Lipinski definition) is 4. The Balaban J connectivity index is 1.90. The fraction of sp³-hybridized carbons (Fsp3) is 0.100. The van der Waals surface area contributed by atoms with Gasteiger partial charge in [0, 0.05) is 29.9 Å². The van der Waals surface area contributed by atoms with Crippen molar-refractivity contribution in [1.82, 2.24) is 4.72 Å². The first-order chi connectivity index (χ1) is 13.3. The SMILES string of the molecule is CC(=O)Nc1cccc2c(S(=O)(=O)NCc3ccc(C(=O)O)cc3)cccc12. The summed E-state index contributed by atoms with van der Waals surface area (Å²) in [5.41, 5.74) is 1.30. The number of benzene rings is 3. The van der Waals surface area contributed by atoms with Gasteiger partial charge in [-0.2, -0.15) is 0 Å². The van der Waals surface area contributed by atoms with Crippen molar-refractivity contribution < 1.29 is 23.1 Å². The molecule has 3 rings (SSSR count). The summed E-state index contributed by atoms with van der Waals surface area (Å²) in [6.07, 6.45) is 0. The third-order valence-corrected chi connectivity index (χ3v) is 5.61. The minimum Gasteiger partial charge on any atom is -0.478 e. The lowest BCUT2D eigenvalue weighted by atomic mass is 10.1. The Kier molecular flexibility index (Phi) is 5.43. The van der Waals surface area contributed by atoms with E-state index in [0.717, 1.165) is 0 Å². The minimum atomic E-state index is -3.84. The molecule has 0 radical (unpaired) electrons. The van der Waals surface area contributed by atoms with Crippen LogP contribution in [0.5, 0.6) is 0 Å². The molecule has 0 aliphatic heterocycles. The third-order valence-electron chi connectivity index (χ3n) is 4.15. The number of aromatic carboxylic acids is 1. The highest BCUT2D eigenvalue weighted by atomic mass is 32.2. The van der Waals surface area contributed by atoms with E-state index in [2.05, 4.69) is 10.0 Å². The first kappa shape index (κ1) is 19.5. The van der Waals surface area contributed by atoms with Gasteiger partial charge in [0.2, 0.25) is 15.9 Å². The Labute approximate surface area is 162 Å². The number of carbonyl (C=O) groups excluding carboxylic acids is 1. The zero-order valence-electron chi connectivity index (χ0n) is 15.0. The van der Waals surface area contributed by atoms with Gasteiger partial charge in [0.25, 0.3) is 0 Å². The number of carbonyl (C=O) groups is 2. The van der Waals surface area contributed by atoms with Gasteiger partial charge in [-0.15, -0.1) is 0 Å². The van der Waals surface area contributed by atoms with Gasteiger partial charge in [-0.1, -0.05) is 36.4 Å². The zero-order valence-corrected chi connectivity index (χ0v) is 15.8. The van der Waals surface area contributed by atoms with Gasteiger partial charge < -0.3 is 10.4 Å². The summed E-state index contributed by atoms with van der Waals surface area (Å²) >= 11 is 0. The first-order valence-corrected chi connectivity index (χ1v) is 9.87. The van der Waals surface area contributed by atoms with Crippen molar-refractivity contribution in [2.75, 3.05) is 5.32 Å². The Morgan fingerprint density at radius 3 is 2.21 bits per heavy atom. The van der Waals surface area contributed by atoms with Crippen LogP contribution < -0.4 is 10.0 Å². The van der Waals surface area contributed by atoms with Crippen LogP contribution in [0.1, 0.15) is 22.8 Å². The van der Waals surface area contributed by atoms with Crippen molar-refractivity contribution >= 4 is 38.4 Å². The van der Waals surface area contributed by atoms with E-state index in [1.54, 1.807) is 42.5 Å². The van der Waals surface area contributed by atoms with Gasteiger partial charge in [0.15, 0.2) is 0 Å². The van der Waals surface area contributed by atoms with Crippen LogP contribution in [-0.2, 0) is 21.4 Å². The molecule has 3 N–H and O–H groups in total. The number of hydrogen-bond donors (Lipinski definition) is 3. The maximum atomic E-state index is 12.8. The quantitative estimate of drug-likeness (QED) is 0.591. The lowest BCUT2D eigenvalue weighted by Gasteiger charge is -2.12. The molecule has 0 aromatic heterocycles. The third kappa shape index (κ3) is 4.19. The highest BCUT2D eigenvalue weighted by Gasteiger charge is 2.18. The monoisotopic (exact) mass is 398 g/mol. The molecule has 0 fully saturated rings. The lowest BCUT2D eigenvalue weighted by Crippen LogP contribution is -2.23. The van der Waals surface area contributed by atoms with Crippen molar-refractivity contribution in [2.45, 2.75) is 18.4 Å². The van der Waals surface area contributed by atoms with E-state index in [-0.39, 0.29) is 22.9 Å². The fourth-order valence-electron chi connectivity index (χ4n) is 2.84. The average molecular weight is 398 g/mol. The summed E-state index contributed by atoms with van der Waals surface area (Å²) in [6, 6.07) is 15.9. The van der Waals surface area contributed by atoms with Gasteiger partial charge in [0.1, 0.15) is 0 Å². The average Bonchev–Trinajstić information content (AvgIpc) is 2.66. The molecule has 3 aromatic carbocycles. The predicted molar refractivity (Wildman–Crippen MR) is 106 cm³/mol. The zero-order chi connectivity index (χ0) is 20.3. The molecule has 28 heavy (non-hydrogen) atoms. The van der Waals surface area contributed by atoms with E-state index in [4.69, 9.17) is 5.11 Å². The number of amides is 1. The number of nitrogens with one attached hydrogen (secondary N) is 2. The molecule has 0 aliphatic carbocycles. The van der Waals surface area contributed by atoms with E-state index in [0.29, 0.717) is 22.0 Å². The molecule has 0 saturated carbocycles. The summed E-state index contributed by atoms with van der Waals surface area (Å²) in [7, 11) is -3.84. The second kappa shape index (κ2) is 7.79. The molecule has 0 bridgehead atoms. The van der Waals surface area contributed by atoms with E-state index < -0.39 is 16.0 Å². The second-order valence-electron chi connectivity index (χ2n) is 6.16. The van der Waals surface area contributed by atoms with Crippen molar-refractivity contribution in [3.63, 3.8) is 0 Å². The van der Waals surface area contributed by atoms with Gasteiger partial charge in [-0.05, 0) is 29.8 Å². The Morgan fingerprint density at radius 2 is 1.57 bits per heavy atom. The fourth-order valence-corrected chi connectivity index (χ4v) is 4.07. The molecule has 0 atom stereocenters. The summed E-state index contributed by atoms with van der Waals surface area (Å²) in [6.45, 7) is 1.40. The van der Waals surface area contributed by atoms with Crippen molar-refractivity contribution in [3.05, 3.63) is 71.8 Å². The number of carboxylic acid groups (broad SMARTS) is 1. The van der Waals surface area contributed by atoms with Gasteiger partial charge in [-0.3, -0.25) is 4.79 Å². The van der Waals surface area contributed by atoms with Crippen LogP contribution in [-0.4, -0.2) is 25.4 Å². The maximum Gasteiger partial charge on any atom is 0.335 e. The van der Waals surface area contributed by atoms with Crippen LogP contribution in [0.2, 0.25) is 0 Å². The molecule has 144 valence electrons. The van der Waals surface area contributed by atoms with Crippen LogP contribution in [0.3, 0.4) is 0 Å². The molecule has 0 saturated heterocycles. The Bertz CT molecular complexity index is 1150. The van der Waals surface area contributed by atoms with E-state index in [1.807, 2.05) is 0 Å². The molecule has 0 heterocycles. The maximum absolute atomic E-state index is 12.8. The highest BCUT2D eigenvalue weighted by molar-refractivity contribution is 7.89.